The molecule has 0 atom stereocenters. The SMILES string of the molecule is Nc1ccc(O[PH](=O)Oc2ccc(N)c([N+](=O)[O-])c2)cc1[N+](=O)[O-]. The maximum Gasteiger partial charge on any atom is 0.418 e. The van der Waals surface area contributed by atoms with Gasteiger partial charge in [0, 0.05) is 0 Å². The van der Waals surface area contributed by atoms with E-state index < -0.39 is 29.5 Å². The van der Waals surface area contributed by atoms with Gasteiger partial charge in [0.05, 0.1) is 22.0 Å². The second-order valence-electron chi connectivity index (χ2n) is 4.41. The predicted molar refractivity (Wildman–Crippen MR) is 85.3 cm³/mol. The van der Waals surface area contributed by atoms with Crippen LogP contribution in [0.15, 0.2) is 36.4 Å². The third-order valence-corrected chi connectivity index (χ3v) is 3.60. The number of nitrogens with two attached hydrogens (primary N) is 2. The number of hydrogen-bond donors (Lipinski definition) is 2. The van der Waals surface area contributed by atoms with Crippen molar-refractivity contribution in [3.05, 3.63) is 56.6 Å². The van der Waals surface area contributed by atoms with E-state index in [9.17, 15) is 24.8 Å². The summed E-state index contributed by atoms with van der Waals surface area (Å²) in [6.07, 6.45) is 0. The number of nitrogen functional groups attached to an aromatic ring is 2. The summed E-state index contributed by atoms with van der Waals surface area (Å²) < 4.78 is 21.8. The average Bonchev–Trinajstić information content (AvgIpc) is 2.50. The largest absolute Gasteiger partial charge is 0.418 e. The lowest BCUT2D eigenvalue weighted by Crippen LogP contribution is -1.97. The fourth-order valence-corrected chi connectivity index (χ4v) is 2.38. The maximum atomic E-state index is 11.9. The van der Waals surface area contributed by atoms with E-state index in [2.05, 4.69) is 0 Å². The van der Waals surface area contributed by atoms with Crippen LogP contribution in [0.2, 0.25) is 0 Å². The van der Waals surface area contributed by atoms with Crippen LogP contribution in [0.4, 0.5) is 22.7 Å². The molecule has 0 unspecified atom stereocenters. The summed E-state index contributed by atoms with van der Waals surface area (Å²) in [6.45, 7) is 0. The van der Waals surface area contributed by atoms with Crippen molar-refractivity contribution in [2.24, 2.45) is 0 Å². The molecule has 0 spiro atoms. The van der Waals surface area contributed by atoms with Crippen LogP contribution < -0.4 is 20.5 Å². The molecule has 12 heteroatoms. The topological polar surface area (TPSA) is 174 Å². The highest BCUT2D eigenvalue weighted by Gasteiger charge is 2.16. The van der Waals surface area contributed by atoms with Crippen LogP contribution in [-0.2, 0) is 4.57 Å². The molecule has 24 heavy (non-hydrogen) atoms. The molecule has 0 saturated heterocycles. The van der Waals surface area contributed by atoms with Crippen LogP contribution in [0.25, 0.3) is 0 Å². The van der Waals surface area contributed by atoms with Gasteiger partial charge in [0.1, 0.15) is 22.9 Å². The minimum atomic E-state index is -3.18. The summed E-state index contributed by atoms with van der Waals surface area (Å²) in [6, 6.07) is 6.98. The molecular formula is C12H11N4O7P. The van der Waals surface area contributed by atoms with Crippen molar-refractivity contribution in [1.29, 1.82) is 0 Å². The zero-order chi connectivity index (χ0) is 17.9. The molecular weight excluding hydrogens is 343 g/mol. The Bertz CT molecular complexity index is 775. The number of rotatable bonds is 6. The van der Waals surface area contributed by atoms with Crippen LogP contribution in [0.3, 0.4) is 0 Å². The zero-order valence-corrected chi connectivity index (χ0v) is 12.9. The number of nitro benzene ring substituents is 2. The van der Waals surface area contributed by atoms with Crippen molar-refractivity contribution in [2.45, 2.75) is 0 Å². The standard InChI is InChI=1S/C12H11N4O7P/c13-9-3-1-7(5-11(9)15(17)18)22-24(21)23-8-2-4-10(14)12(6-8)16(19)20/h1-6,24H,13-14H2. The summed E-state index contributed by atoms with van der Waals surface area (Å²) in [5.41, 5.74) is 9.87. The summed E-state index contributed by atoms with van der Waals surface area (Å²) in [5, 5.41) is 21.6. The summed E-state index contributed by atoms with van der Waals surface area (Å²) in [4.78, 5) is 20.1. The lowest BCUT2D eigenvalue weighted by molar-refractivity contribution is -0.384. The van der Waals surface area contributed by atoms with E-state index in [4.69, 9.17) is 20.5 Å². The normalized spacial score (nSPS) is 10.4. The van der Waals surface area contributed by atoms with E-state index in [-0.39, 0.29) is 22.9 Å². The van der Waals surface area contributed by atoms with Gasteiger partial charge in [-0.15, -0.1) is 0 Å². The van der Waals surface area contributed by atoms with E-state index in [1.54, 1.807) is 0 Å². The minimum absolute atomic E-state index is 0.0814. The first kappa shape index (κ1) is 17.0. The third-order valence-electron chi connectivity index (χ3n) is 2.80. The van der Waals surface area contributed by atoms with E-state index in [0.29, 0.717) is 0 Å². The van der Waals surface area contributed by atoms with Gasteiger partial charge in [0.25, 0.3) is 11.4 Å². The number of nitro groups is 2. The fraction of sp³-hybridized carbons (Fsp3) is 0. The minimum Gasteiger partial charge on any atom is -0.418 e. The summed E-state index contributed by atoms with van der Waals surface area (Å²) in [7, 11) is -3.18. The first-order valence-electron chi connectivity index (χ1n) is 6.25. The Morgan fingerprint density at radius 1 is 0.833 bits per heavy atom. The molecule has 0 aliphatic carbocycles. The molecule has 2 aromatic carbocycles. The molecule has 0 aromatic heterocycles. The van der Waals surface area contributed by atoms with Gasteiger partial charge in [-0.05, 0) is 24.3 Å². The van der Waals surface area contributed by atoms with Crippen LogP contribution in [0.1, 0.15) is 0 Å². The number of benzene rings is 2. The Kier molecular flexibility index (Phi) is 4.85. The summed E-state index contributed by atoms with van der Waals surface area (Å²) >= 11 is 0. The second-order valence-corrected chi connectivity index (χ2v) is 5.32. The van der Waals surface area contributed by atoms with Gasteiger partial charge in [-0.1, -0.05) is 0 Å². The molecule has 0 radical (unpaired) electrons. The zero-order valence-electron chi connectivity index (χ0n) is 11.9. The van der Waals surface area contributed by atoms with Gasteiger partial charge in [0.15, 0.2) is 0 Å². The Hall–Kier alpha value is -3.33. The van der Waals surface area contributed by atoms with E-state index in [0.717, 1.165) is 12.1 Å². The number of anilines is 2. The second kappa shape index (κ2) is 6.84. The molecule has 0 fully saturated rings. The van der Waals surface area contributed by atoms with Crippen LogP contribution in [0, 0.1) is 20.2 Å². The molecule has 0 bridgehead atoms. The van der Waals surface area contributed by atoms with E-state index >= 15 is 0 Å². The Balaban J connectivity index is 2.14. The molecule has 126 valence electrons. The quantitative estimate of drug-likeness (QED) is 0.342. The van der Waals surface area contributed by atoms with Gasteiger partial charge in [0.2, 0.25) is 0 Å². The lowest BCUT2D eigenvalue weighted by Gasteiger charge is -2.09. The highest BCUT2D eigenvalue weighted by atomic mass is 31.1. The predicted octanol–water partition coefficient (Wildman–Crippen LogP) is 2.51. The van der Waals surface area contributed by atoms with E-state index in [1.165, 1.54) is 24.3 Å². The van der Waals surface area contributed by atoms with E-state index in [1.807, 2.05) is 0 Å². The molecule has 4 N–H and O–H groups in total. The first-order chi connectivity index (χ1) is 11.3. The maximum absolute atomic E-state index is 11.9. The van der Waals surface area contributed by atoms with Crippen molar-refractivity contribution in [3.8, 4) is 11.5 Å². The van der Waals surface area contributed by atoms with Crippen molar-refractivity contribution < 1.29 is 23.5 Å². The highest BCUT2D eigenvalue weighted by molar-refractivity contribution is 7.34. The smallest absolute Gasteiger partial charge is 0.418 e. The van der Waals surface area contributed by atoms with Gasteiger partial charge in [-0.3, -0.25) is 20.2 Å². The third kappa shape index (κ3) is 3.90. The van der Waals surface area contributed by atoms with Crippen molar-refractivity contribution in [2.75, 3.05) is 11.5 Å². The molecule has 2 aromatic rings. The Labute approximate surface area is 135 Å². The average molecular weight is 354 g/mol. The van der Waals surface area contributed by atoms with Crippen molar-refractivity contribution in [1.82, 2.24) is 0 Å². The highest BCUT2D eigenvalue weighted by Crippen LogP contribution is 2.36. The Morgan fingerprint density at radius 3 is 1.54 bits per heavy atom. The van der Waals surface area contributed by atoms with Crippen LogP contribution >= 0.6 is 8.25 Å². The fourth-order valence-electron chi connectivity index (χ4n) is 1.70. The van der Waals surface area contributed by atoms with Gasteiger partial charge < -0.3 is 20.5 Å². The Morgan fingerprint density at radius 2 is 1.21 bits per heavy atom. The number of nitrogens with zero attached hydrogens (tertiary/aromatic N) is 2. The molecule has 11 nitrogen and oxygen atoms in total. The van der Waals surface area contributed by atoms with Crippen molar-refractivity contribution >= 4 is 31.0 Å². The van der Waals surface area contributed by atoms with Crippen LogP contribution in [-0.4, -0.2) is 9.85 Å². The molecule has 0 aliphatic heterocycles. The molecule has 0 saturated carbocycles. The number of hydrogen-bond acceptors (Lipinski definition) is 9. The van der Waals surface area contributed by atoms with Gasteiger partial charge >= 0.3 is 8.25 Å². The monoisotopic (exact) mass is 354 g/mol. The molecule has 0 aliphatic rings. The molecule has 2 rings (SSSR count). The van der Waals surface area contributed by atoms with Crippen molar-refractivity contribution in [3.63, 3.8) is 0 Å². The van der Waals surface area contributed by atoms with Gasteiger partial charge in [-0.2, -0.15) is 0 Å². The molecule has 0 amide bonds. The first-order valence-corrected chi connectivity index (χ1v) is 7.48. The van der Waals surface area contributed by atoms with Crippen LogP contribution in [0.5, 0.6) is 11.5 Å². The van der Waals surface area contributed by atoms with Gasteiger partial charge in [-0.25, -0.2) is 4.57 Å². The lowest BCUT2D eigenvalue weighted by atomic mass is 10.2. The summed E-state index contributed by atoms with van der Waals surface area (Å²) in [5.74, 6) is -0.186. The molecule has 0 heterocycles.